The van der Waals surface area contributed by atoms with Crippen LogP contribution in [0, 0.1) is 6.92 Å². The molecule has 162 valence electrons. The molecule has 1 amide bonds. The van der Waals surface area contributed by atoms with Gasteiger partial charge in [-0.25, -0.2) is 8.42 Å². The average molecular weight is 512 g/mol. The van der Waals surface area contributed by atoms with Gasteiger partial charge in [-0.1, -0.05) is 52.5 Å². The van der Waals surface area contributed by atoms with Gasteiger partial charge in [0.1, 0.15) is 6.54 Å². The number of rotatable bonds is 9. The fourth-order valence-corrected chi connectivity index (χ4v) is 6.46. The van der Waals surface area contributed by atoms with Crippen molar-refractivity contribution in [2.24, 2.45) is 0 Å². The van der Waals surface area contributed by atoms with Gasteiger partial charge in [-0.15, -0.1) is 0 Å². The lowest BCUT2D eigenvalue weighted by Gasteiger charge is -2.24. The zero-order chi connectivity index (χ0) is 21.6. The molecule has 2 aromatic rings. The van der Waals surface area contributed by atoms with Crippen LogP contribution >= 0.6 is 27.7 Å². The Morgan fingerprint density at radius 3 is 2.53 bits per heavy atom. The molecule has 0 heterocycles. The van der Waals surface area contributed by atoms with Gasteiger partial charge < -0.3 is 5.32 Å². The van der Waals surface area contributed by atoms with Gasteiger partial charge in [-0.2, -0.15) is 11.8 Å². The minimum Gasteiger partial charge on any atom is -0.354 e. The van der Waals surface area contributed by atoms with Crippen molar-refractivity contribution in [1.29, 1.82) is 0 Å². The smallest absolute Gasteiger partial charge is 0.264 e. The van der Waals surface area contributed by atoms with Crippen LogP contribution in [0.1, 0.15) is 31.2 Å². The van der Waals surface area contributed by atoms with E-state index in [0.717, 1.165) is 15.8 Å². The van der Waals surface area contributed by atoms with E-state index in [2.05, 4.69) is 21.2 Å². The monoisotopic (exact) mass is 510 g/mol. The molecule has 0 radical (unpaired) electrons. The van der Waals surface area contributed by atoms with Crippen molar-refractivity contribution in [3.05, 3.63) is 58.6 Å². The Morgan fingerprint density at radius 1 is 1.17 bits per heavy atom. The zero-order valence-corrected chi connectivity index (χ0v) is 20.2. The van der Waals surface area contributed by atoms with E-state index in [0.29, 0.717) is 17.5 Å². The quantitative estimate of drug-likeness (QED) is 0.494. The molecule has 1 N–H and O–H groups in total. The summed E-state index contributed by atoms with van der Waals surface area (Å²) in [5.41, 5.74) is 1.42. The molecule has 0 bridgehead atoms. The molecule has 0 spiro atoms. The van der Waals surface area contributed by atoms with Crippen LogP contribution in [0.2, 0.25) is 0 Å². The Hall–Kier alpha value is -1.51. The SMILES string of the molecule is Cc1ccc(S(=O)(=O)N(CC(=O)NCCSC2CCCC2)c2cccc(Br)c2)cc1. The van der Waals surface area contributed by atoms with Crippen LogP contribution in [-0.2, 0) is 14.8 Å². The van der Waals surface area contributed by atoms with E-state index in [1.54, 1.807) is 42.5 Å². The second kappa shape index (κ2) is 10.7. The Balaban J connectivity index is 1.71. The maximum absolute atomic E-state index is 13.3. The van der Waals surface area contributed by atoms with E-state index in [1.165, 1.54) is 30.0 Å². The summed E-state index contributed by atoms with van der Waals surface area (Å²) in [6, 6.07) is 13.6. The number of carbonyl (C=O) groups excluding carboxylic acids is 1. The van der Waals surface area contributed by atoms with Gasteiger partial charge in [0.15, 0.2) is 0 Å². The molecule has 5 nitrogen and oxygen atoms in total. The molecular formula is C22H27BrN2O3S2. The van der Waals surface area contributed by atoms with Crippen LogP contribution in [0.3, 0.4) is 0 Å². The number of sulfonamides is 1. The molecule has 1 aliphatic rings. The van der Waals surface area contributed by atoms with Gasteiger partial charge in [-0.3, -0.25) is 9.10 Å². The number of aryl methyl sites for hydroxylation is 1. The predicted molar refractivity (Wildman–Crippen MR) is 128 cm³/mol. The topological polar surface area (TPSA) is 66.5 Å². The van der Waals surface area contributed by atoms with Gasteiger partial charge in [0.05, 0.1) is 10.6 Å². The molecule has 0 saturated heterocycles. The standard InChI is InChI=1S/C22H27BrN2O3S2/c1-17-9-11-21(12-10-17)30(27,28)25(19-6-4-5-18(23)15-19)16-22(26)24-13-14-29-20-7-2-3-8-20/h4-6,9-12,15,20H,2-3,7-8,13-14,16H2,1H3,(H,24,26). The third kappa shape index (κ3) is 6.25. The van der Waals surface area contributed by atoms with Gasteiger partial charge in [0.2, 0.25) is 5.91 Å². The average Bonchev–Trinajstić information content (AvgIpc) is 3.23. The van der Waals surface area contributed by atoms with E-state index in [9.17, 15) is 13.2 Å². The predicted octanol–water partition coefficient (Wildman–Crippen LogP) is 4.74. The largest absolute Gasteiger partial charge is 0.354 e. The Labute approximate surface area is 191 Å². The molecule has 1 saturated carbocycles. The van der Waals surface area contributed by atoms with Gasteiger partial charge >= 0.3 is 0 Å². The van der Waals surface area contributed by atoms with Crippen molar-refractivity contribution < 1.29 is 13.2 Å². The second-order valence-corrected chi connectivity index (χ2v) is 11.6. The van der Waals surface area contributed by atoms with Crippen molar-refractivity contribution in [1.82, 2.24) is 5.32 Å². The first kappa shape index (κ1) is 23.2. The van der Waals surface area contributed by atoms with Gasteiger partial charge in [-0.05, 0) is 50.1 Å². The summed E-state index contributed by atoms with van der Waals surface area (Å²) < 4.78 is 28.6. The molecule has 1 aliphatic carbocycles. The lowest BCUT2D eigenvalue weighted by Crippen LogP contribution is -2.41. The summed E-state index contributed by atoms with van der Waals surface area (Å²) in [6.07, 6.45) is 5.10. The molecule has 8 heteroatoms. The number of hydrogen-bond donors (Lipinski definition) is 1. The van der Waals surface area contributed by atoms with E-state index < -0.39 is 10.0 Å². The molecule has 0 atom stereocenters. The number of hydrogen-bond acceptors (Lipinski definition) is 4. The van der Waals surface area contributed by atoms with Crippen LogP contribution in [-0.4, -0.2) is 38.4 Å². The van der Waals surface area contributed by atoms with Crippen molar-refractivity contribution in [3.63, 3.8) is 0 Å². The fraction of sp³-hybridized carbons (Fsp3) is 0.409. The Kier molecular flexibility index (Phi) is 8.25. The number of benzene rings is 2. The maximum Gasteiger partial charge on any atom is 0.264 e. The van der Waals surface area contributed by atoms with Crippen LogP contribution in [0.25, 0.3) is 0 Å². The van der Waals surface area contributed by atoms with Gasteiger partial charge in [0, 0.05) is 22.0 Å². The molecule has 30 heavy (non-hydrogen) atoms. The summed E-state index contributed by atoms with van der Waals surface area (Å²) >= 11 is 5.28. The number of anilines is 1. The molecular weight excluding hydrogens is 484 g/mol. The van der Waals surface area contributed by atoms with E-state index >= 15 is 0 Å². The van der Waals surface area contributed by atoms with Crippen LogP contribution < -0.4 is 9.62 Å². The minimum atomic E-state index is -3.88. The highest BCUT2D eigenvalue weighted by Crippen LogP contribution is 2.29. The first-order valence-corrected chi connectivity index (χ1v) is 13.4. The summed E-state index contributed by atoms with van der Waals surface area (Å²) in [4.78, 5) is 12.8. The molecule has 0 aromatic heterocycles. The van der Waals surface area contributed by atoms with Crippen LogP contribution in [0.15, 0.2) is 57.9 Å². The number of nitrogens with zero attached hydrogens (tertiary/aromatic N) is 1. The van der Waals surface area contributed by atoms with Crippen molar-refractivity contribution in [2.75, 3.05) is 23.1 Å². The first-order valence-electron chi connectivity index (χ1n) is 10.1. The van der Waals surface area contributed by atoms with Gasteiger partial charge in [0.25, 0.3) is 10.0 Å². The molecule has 0 unspecified atom stereocenters. The first-order chi connectivity index (χ1) is 14.4. The lowest BCUT2D eigenvalue weighted by molar-refractivity contribution is -0.119. The van der Waals surface area contributed by atoms with E-state index in [1.807, 2.05) is 24.8 Å². The van der Waals surface area contributed by atoms with E-state index in [-0.39, 0.29) is 17.3 Å². The lowest BCUT2D eigenvalue weighted by atomic mass is 10.2. The number of thioether (sulfide) groups is 1. The second-order valence-electron chi connectivity index (χ2n) is 7.43. The van der Waals surface area contributed by atoms with Crippen LogP contribution in [0.4, 0.5) is 5.69 Å². The zero-order valence-electron chi connectivity index (χ0n) is 17.0. The van der Waals surface area contributed by atoms with Crippen molar-refractivity contribution >= 4 is 49.3 Å². The Morgan fingerprint density at radius 2 is 1.87 bits per heavy atom. The summed E-state index contributed by atoms with van der Waals surface area (Å²) in [5, 5.41) is 3.57. The minimum absolute atomic E-state index is 0.165. The number of nitrogens with one attached hydrogen (secondary N) is 1. The normalized spacial score (nSPS) is 14.6. The highest BCUT2D eigenvalue weighted by atomic mass is 79.9. The molecule has 1 fully saturated rings. The summed E-state index contributed by atoms with van der Waals surface area (Å²) in [5.74, 6) is 0.538. The summed E-state index contributed by atoms with van der Waals surface area (Å²) in [7, 11) is -3.88. The summed E-state index contributed by atoms with van der Waals surface area (Å²) in [6.45, 7) is 2.18. The number of amides is 1. The number of carbonyl (C=O) groups is 1. The molecule has 0 aliphatic heterocycles. The fourth-order valence-electron chi connectivity index (χ4n) is 3.44. The van der Waals surface area contributed by atoms with Crippen molar-refractivity contribution in [2.45, 2.75) is 42.8 Å². The Bertz CT molecular complexity index is 959. The maximum atomic E-state index is 13.3. The van der Waals surface area contributed by atoms with Crippen molar-refractivity contribution in [3.8, 4) is 0 Å². The molecule has 2 aromatic carbocycles. The highest BCUT2D eigenvalue weighted by molar-refractivity contribution is 9.10. The number of halogens is 1. The third-order valence-corrected chi connectivity index (χ3v) is 8.74. The highest BCUT2D eigenvalue weighted by Gasteiger charge is 2.27. The third-order valence-electron chi connectivity index (χ3n) is 5.07. The molecule has 3 rings (SSSR count). The van der Waals surface area contributed by atoms with E-state index in [4.69, 9.17) is 0 Å². The van der Waals surface area contributed by atoms with Crippen LogP contribution in [0.5, 0.6) is 0 Å².